The molecule has 3 amide bonds. The van der Waals surface area contributed by atoms with E-state index in [1.807, 2.05) is 15.7 Å². The fourth-order valence-corrected chi connectivity index (χ4v) is 8.54. The normalized spacial score (nSPS) is 28.0. The number of benzene rings is 1. The van der Waals surface area contributed by atoms with Crippen molar-refractivity contribution in [3.05, 3.63) is 53.4 Å². The van der Waals surface area contributed by atoms with Crippen LogP contribution in [0.4, 0.5) is 0 Å². The number of hydrogen-bond acceptors (Lipinski definition) is 6. The molecule has 5 heterocycles. The van der Waals surface area contributed by atoms with Crippen LogP contribution < -0.4 is 5.32 Å². The second-order valence-electron chi connectivity index (χ2n) is 12.0. The molecule has 3 aliphatic heterocycles. The number of imidazole rings is 1. The lowest BCUT2D eigenvalue weighted by molar-refractivity contribution is -0.150. The van der Waals surface area contributed by atoms with Crippen molar-refractivity contribution >= 4 is 46.7 Å². The molecule has 0 spiro atoms. The van der Waals surface area contributed by atoms with E-state index in [9.17, 15) is 28.7 Å². The Hall–Kier alpha value is -3.05. The molecule has 1 aliphatic carbocycles. The molecule has 4 fully saturated rings. The van der Waals surface area contributed by atoms with Crippen LogP contribution in [-0.4, -0.2) is 78.1 Å². The highest BCUT2D eigenvalue weighted by Crippen LogP contribution is 2.49. The van der Waals surface area contributed by atoms with Crippen LogP contribution in [0.1, 0.15) is 53.4 Å². The highest BCUT2D eigenvalue weighted by Gasteiger charge is 2.52. The van der Waals surface area contributed by atoms with Gasteiger partial charge in [-0.1, -0.05) is 6.07 Å². The molecular weight excluding hydrogens is 565 g/mol. The summed E-state index contributed by atoms with van der Waals surface area (Å²) in [4.78, 5) is 67.8. The first-order valence-electron chi connectivity index (χ1n) is 14.1. The van der Waals surface area contributed by atoms with E-state index in [1.54, 1.807) is 41.7 Å². The molecule has 0 radical (unpaired) electrons. The van der Waals surface area contributed by atoms with E-state index in [-0.39, 0.29) is 36.0 Å². The van der Waals surface area contributed by atoms with Crippen LogP contribution >= 0.6 is 18.9 Å². The minimum absolute atomic E-state index is 0.00849. The minimum atomic E-state index is -4.21. The molecule has 7 rings (SSSR count). The lowest BCUT2D eigenvalue weighted by Crippen LogP contribution is -2.60. The maximum absolute atomic E-state index is 14.0. The molecular formula is C28H32N5O6PS. The molecule has 3 saturated heterocycles. The molecule has 5 atom stereocenters. The van der Waals surface area contributed by atoms with Crippen molar-refractivity contribution < 1.29 is 28.7 Å². The van der Waals surface area contributed by atoms with Crippen molar-refractivity contribution in [2.45, 2.75) is 62.4 Å². The molecule has 1 saturated carbocycles. The van der Waals surface area contributed by atoms with E-state index >= 15 is 0 Å². The number of amides is 3. The maximum Gasteiger partial charge on any atom is 0.329 e. The Morgan fingerprint density at radius 1 is 1.07 bits per heavy atom. The summed E-state index contributed by atoms with van der Waals surface area (Å²) in [5, 5.41) is 3.73. The molecule has 1 aromatic carbocycles. The summed E-state index contributed by atoms with van der Waals surface area (Å²) in [6.45, 7) is 1.20. The maximum atomic E-state index is 14.0. The quantitative estimate of drug-likeness (QED) is 0.371. The van der Waals surface area contributed by atoms with Crippen molar-refractivity contribution in [2.75, 3.05) is 13.1 Å². The van der Waals surface area contributed by atoms with Crippen molar-refractivity contribution in [1.29, 1.82) is 0 Å². The number of hydrogen-bond donors (Lipinski definition) is 3. The molecule has 13 heteroatoms. The zero-order valence-corrected chi connectivity index (χ0v) is 24.0. The van der Waals surface area contributed by atoms with Gasteiger partial charge < -0.3 is 29.5 Å². The van der Waals surface area contributed by atoms with E-state index in [4.69, 9.17) is 0 Å². The van der Waals surface area contributed by atoms with E-state index in [1.165, 1.54) is 11.3 Å². The Bertz CT molecular complexity index is 1560. The summed E-state index contributed by atoms with van der Waals surface area (Å²) in [5.41, 5.74) is 0.500. The van der Waals surface area contributed by atoms with Gasteiger partial charge in [0, 0.05) is 36.2 Å². The number of aromatic nitrogens is 2. The molecule has 4 aliphatic rings. The second-order valence-corrected chi connectivity index (χ2v) is 14.7. The van der Waals surface area contributed by atoms with Gasteiger partial charge in [-0.15, -0.1) is 11.3 Å². The summed E-state index contributed by atoms with van der Waals surface area (Å²) in [5.74, 6) is 0.413. The number of carbonyl (C=O) groups excluding carboxylic acids is 3. The van der Waals surface area contributed by atoms with Crippen LogP contribution in [0.5, 0.6) is 0 Å². The van der Waals surface area contributed by atoms with Gasteiger partial charge >= 0.3 is 7.60 Å². The zero-order chi connectivity index (χ0) is 28.5. The topological polar surface area (TPSA) is 145 Å². The smallest absolute Gasteiger partial charge is 0.329 e. The van der Waals surface area contributed by atoms with Crippen molar-refractivity contribution in [2.24, 2.45) is 11.8 Å². The van der Waals surface area contributed by atoms with E-state index in [0.717, 1.165) is 29.3 Å². The average molecular weight is 598 g/mol. The number of thiophene rings is 1. The van der Waals surface area contributed by atoms with Gasteiger partial charge in [0.05, 0.1) is 23.4 Å². The third kappa shape index (κ3) is 5.22. The number of nitrogens with zero attached hydrogens (tertiary/aromatic N) is 4. The van der Waals surface area contributed by atoms with Gasteiger partial charge in [-0.2, -0.15) is 0 Å². The summed E-state index contributed by atoms with van der Waals surface area (Å²) < 4.78 is 14.3. The van der Waals surface area contributed by atoms with E-state index in [0.29, 0.717) is 48.2 Å². The van der Waals surface area contributed by atoms with E-state index in [2.05, 4.69) is 10.3 Å². The third-order valence-electron chi connectivity index (χ3n) is 9.14. The zero-order valence-electron chi connectivity index (χ0n) is 22.3. The highest BCUT2D eigenvalue weighted by molar-refractivity contribution is 7.50. The Morgan fingerprint density at radius 2 is 1.88 bits per heavy atom. The predicted molar refractivity (Wildman–Crippen MR) is 151 cm³/mol. The number of carbonyl (C=O) groups is 3. The van der Waals surface area contributed by atoms with Gasteiger partial charge in [0.1, 0.15) is 12.1 Å². The number of rotatable bonds is 6. The fraction of sp³-hybridized carbons (Fsp3) is 0.500. The Kier molecular flexibility index (Phi) is 6.57. The molecule has 11 nitrogen and oxygen atoms in total. The molecule has 0 unspecified atom stereocenters. The van der Waals surface area contributed by atoms with Crippen LogP contribution in [0.15, 0.2) is 43.0 Å². The van der Waals surface area contributed by atoms with Gasteiger partial charge in [0.2, 0.25) is 11.8 Å². The SMILES string of the molecule is O=C(N[C@H]1C[C@@H]2C[C@@H]2C[C@H]2CC[C@@H](C(=O)N3CC(n4ccnc4)C3)N2C1=O)c1cc2cc(CP(=O)(O)O)ccc2s1. The summed E-state index contributed by atoms with van der Waals surface area (Å²) in [6.07, 6.45) is 9.02. The van der Waals surface area contributed by atoms with Crippen molar-refractivity contribution in [3.8, 4) is 0 Å². The molecule has 41 heavy (non-hydrogen) atoms. The predicted octanol–water partition coefficient (Wildman–Crippen LogP) is 2.75. The summed E-state index contributed by atoms with van der Waals surface area (Å²) in [7, 11) is -4.21. The first-order valence-corrected chi connectivity index (χ1v) is 16.7. The Morgan fingerprint density at radius 3 is 2.63 bits per heavy atom. The van der Waals surface area contributed by atoms with E-state index < -0.39 is 19.7 Å². The Labute approximate surface area is 240 Å². The first kappa shape index (κ1) is 26.8. The van der Waals surface area contributed by atoms with Gasteiger partial charge in [0.25, 0.3) is 5.91 Å². The van der Waals surface area contributed by atoms with Crippen LogP contribution in [0.25, 0.3) is 10.1 Å². The van der Waals surface area contributed by atoms with Crippen molar-refractivity contribution in [1.82, 2.24) is 24.7 Å². The highest BCUT2D eigenvalue weighted by atomic mass is 32.1. The van der Waals surface area contributed by atoms with Gasteiger partial charge in [-0.3, -0.25) is 18.9 Å². The molecule has 216 valence electrons. The monoisotopic (exact) mass is 597 g/mol. The van der Waals surface area contributed by atoms with Crippen LogP contribution in [0.2, 0.25) is 0 Å². The van der Waals surface area contributed by atoms with Crippen LogP contribution in [-0.2, 0) is 20.3 Å². The van der Waals surface area contributed by atoms with Crippen LogP contribution in [0.3, 0.4) is 0 Å². The standard InChI is InChI=1S/C28H32N5O6PS/c34-26(25-11-19-7-16(14-40(37,38)39)1-4-24(19)41-25)30-22-10-18-8-17(18)9-20-2-3-23(33(20)27(22)35)28(36)32-12-21(13-32)31-6-5-29-15-31/h1,4-7,11,15,17-18,20-23H,2-3,8-10,12-14H2,(H,30,34)(H2,37,38,39)/t17-,18+,20-,22+,23+/m1/s1. The largest absolute Gasteiger partial charge is 0.340 e. The number of fused-ring (bicyclic) bond motifs is 3. The average Bonchev–Trinajstić information content (AvgIpc) is 3.30. The Balaban J connectivity index is 1.07. The molecule has 0 bridgehead atoms. The number of likely N-dealkylation sites (tertiary alicyclic amines) is 1. The third-order valence-corrected chi connectivity index (χ3v) is 11.0. The molecule has 2 aromatic heterocycles. The van der Waals surface area contributed by atoms with Gasteiger partial charge in [0.15, 0.2) is 0 Å². The summed E-state index contributed by atoms with van der Waals surface area (Å²) >= 11 is 1.28. The fourth-order valence-electron chi connectivity index (χ4n) is 6.92. The van der Waals surface area contributed by atoms with Crippen LogP contribution in [0, 0.1) is 11.8 Å². The lowest BCUT2D eigenvalue weighted by atomic mass is 9.98. The van der Waals surface area contributed by atoms with Gasteiger partial charge in [-0.05, 0) is 73.1 Å². The minimum Gasteiger partial charge on any atom is -0.340 e. The molecule has 3 N–H and O–H groups in total. The van der Waals surface area contributed by atoms with Gasteiger partial charge in [-0.25, -0.2) is 4.98 Å². The van der Waals surface area contributed by atoms with Crippen molar-refractivity contribution in [3.63, 3.8) is 0 Å². The number of nitrogens with one attached hydrogen (secondary N) is 1. The first-order chi connectivity index (χ1) is 19.6. The molecule has 3 aromatic rings. The second kappa shape index (κ2) is 10.0. The lowest BCUT2D eigenvalue weighted by Gasteiger charge is -2.43. The summed E-state index contributed by atoms with van der Waals surface area (Å²) in [6, 6.07) is 5.85.